The number of nitrogens with one attached hydrogen (secondary N) is 4. The molecule has 3 heterocycles. The van der Waals surface area contributed by atoms with E-state index in [4.69, 9.17) is 16.3 Å². The van der Waals surface area contributed by atoms with Crippen LogP contribution in [0.5, 0.6) is 5.75 Å². The highest BCUT2D eigenvalue weighted by atomic mass is 35.5. The van der Waals surface area contributed by atoms with E-state index in [1.54, 1.807) is 30.6 Å². The van der Waals surface area contributed by atoms with E-state index in [0.717, 1.165) is 25.1 Å². The molecule has 2 aromatic heterocycles. The fraction of sp³-hybridized carbons (Fsp3) is 0.409. The predicted octanol–water partition coefficient (Wildman–Crippen LogP) is 4.89. The summed E-state index contributed by atoms with van der Waals surface area (Å²) >= 11 is 7.97. The Kier molecular flexibility index (Phi) is 7.62. The zero-order chi connectivity index (χ0) is 22.3. The van der Waals surface area contributed by atoms with Gasteiger partial charge in [0.25, 0.3) is 0 Å². The molecule has 1 saturated heterocycles. The minimum absolute atomic E-state index is 0.244. The number of hydrogen-bond donors (Lipinski definition) is 4. The lowest BCUT2D eigenvalue weighted by Gasteiger charge is -2.24. The largest absolute Gasteiger partial charge is 0.495 e. The van der Waals surface area contributed by atoms with Crippen LogP contribution in [-0.2, 0) is 6.54 Å². The van der Waals surface area contributed by atoms with Gasteiger partial charge in [-0.1, -0.05) is 24.6 Å². The quantitative estimate of drug-likeness (QED) is 0.330. The Balaban J connectivity index is 1.56. The molecule has 1 aliphatic heterocycles. The summed E-state index contributed by atoms with van der Waals surface area (Å²) in [6.07, 6.45) is 3.31. The number of halogens is 1. The van der Waals surface area contributed by atoms with Gasteiger partial charge in [-0.25, -0.2) is 0 Å². The van der Waals surface area contributed by atoms with Gasteiger partial charge in [-0.2, -0.15) is 15.0 Å². The molecule has 8 nitrogen and oxygen atoms in total. The van der Waals surface area contributed by atoms with Crippen LogP contribution in [0.25, 0.3) is 0 Å². The summed E-state index contributed by atoms with van der Waals surface area (Å²) in [6.45, 7) is 3.88. The Hall–Kier alpha value is -2.62. The monoisotopic (exact) mass is 473 g/mol. The van der Waals surface area contributed by atoms with E-state index in [1.807, 2.05) is 12.1 Å². The van der Waals surface area contributed by atoms with Gasteiger partial charge in [0.1, 0.15) is 5.75 Å². The normalized spacial score (nSPS) is 16.5. The van der Waals surface area contributed by atoms with Crippen molar-refractivity contribution in [3.8, 4) is 5.75 Å². The van der Waals surface area contributed by atoms with Crippen molar-refractivity contribution in [1.82, 2.24) is 20.3 Å². The maximum Gasteiger partial charge on any atom is 0.233 e. The van der Waals surface area contributed by atoms with Gasteiger partial charge in [0.2, 0.25) is 17.8 Å². The molecule has 1 aromatic carbocycles. The average molecular weight is 474 g/mol. The van der Waals surface area contributed by atoms with Gasteiger partial charge in [-0.15, -0.1) is 11.3 Å². The minimum atomic E-state index is 0.244. The molecule has 2 unspecified atom stereocenters. The molecule has 0 bridgehead atoms. The first-order valence-electron chi connectivity index (χ1n) is 10.8. The summed E-state index contributed by atoms with van der Waals surface area (Å²) < 4.78 is 5.23. The Labute approximate surface area is 197 Å². The number of nitrogens with zero attached hydrogens (tertiary/aromatic N) is 3. The van der Waals surface area contributed by atoms with Crippen molar-refractivity contribution in [3.63, 3.8) is 0 Å². The third-order valence-corrected chi connectivity index (χ3v) is 6.55. The molecule has 170 valence electrons. The van der Waals surface area contributed by atoms with E-state index < -0.39 is 0 Å². The fourth-order valence-electron chi connectivity index (χ4n) is 3.74. The summed E-state index contributed by atoms with van der Waals surface area (Å²) in [4.78, 5) is 15.0. The van der Waals surface area contributed by atoms with Crippen molar-refractivity contribution >= 4 is 46.5 Å². The van der Waals surface area contributed by atoms with Crippen molar-refractivity contribution in [2.75, 3.05) is 29.6 Å². The molecule has 2 atom stereocenters. The van der Waals surface area contributed by atoms with Crippen LogP contribution in [-0.4, -0.2) is 40.7 Å². The van der Waals surface area contributed by atoms with Gasteiger partial charge in [-0.3, -0.25) is 0 Å². The molecule has 0 spiro atoms. The van der Waals surface area contributed by atoms with Gasteiger partial charge in [0.05, 0.1) is 18.7 Å². The zero-order valence-corrected chi connectivity index (χ0v) is 19.8. The maximum atomic E-state index is 6.28. The number of anilines is 4. The minimum Gasteiger partial charge on any atom is -0.495 e. The molecule has 32 heavy (non-hydrogen) atoms. The molecule has 4 N–H and O–H groups in total. The van der Waals surface area contributed by atoms with Gasteiger partial charge >= 0.3 is 0 Å². The highest BCUT2D eigenvalue weighted by Crippen LogP contribution is 2.28. The van der Waals surface area contributed by atoms with Crippen molar-refractivity contribution in [2.24, 2.45) is 0 Å². The smallest absolute Gasteiger partial charge is 0.233 e. The number of ether oxygens (including phenoxy) is 1. The summed E-state index contributed by atoms with van der Waals surface area (Å²) in [5, 5.41) is 16.2. The molecule has 0 aliphatic carbocycles. The molecular weight excluding hydrogens is 446 g/mol. The Bertz CT molecular complexity index is 1010. The van der Waals surface area contributed by atoms with Gasteiger partial charge in [0.15, 0.2) is 0 Å². The van der Waals surface area contributed by atoms with Crippen LogP contribution >= 0.6 is 22.9 Å². The predicted molar refractivity (Wildman–Crippen MR) is 131 cm³/mol. The second kappa shape index (κ2) is 10.8. The lowest BCUT2D eigenvalue weighted by Crippen LogP contribution is -2.40. The lowest BCUT2D eigenvalue weighted by molar-refractivity contribution is 0.415. The molecule has 0 radical (unpaired) electrons. The topological polar surface area (TPSA) is 96.0 Å². The van der Waals surface area contributed by atoms with Crippen LogP contribution in [0, 0.1) is 0 Å². The van der Waals surface area contributed by atoms with Crippen LogP contribution in [0.1, 0.15) is 31.1 Å². The third-order valence-electron chi connectivity index (χ3n) is 5.38. The van der Waals surface area contributed by atoms with Crippen molar-refractivity contribution < 1.29 is 4.74 Å². The first-order chi connectivity index (χ1) is 15.6. The molecule has 0 saturated carbocycles. The molecule has 4 rings (SSSR count). The number of hydrogen-bond acceptors (Lipinski definition) is 9. The molecule has 0 amide bonds. The number of methoxy groups -OCH3 is 1. The van der Waals surface area contributed by atoms with E-state index in [2.05, 4.69) is 54.6 Å². The van der Waals surface area contributed by atoms with E-state index in [-0.39, 0.29) is 6.04 Å². The third kappa shape index (κ3) is 5.79. The second-order valence-corrected chi connectivity index (χ2v) is 9.01. The maximum absolute atomic E-state index is 6.28. The van der Waals surface area contributed by atoms with Crippen LogP contribution in [0.3, 0.4) is 0 Å². The highest BCUT2D eigenvalue weighted by Gasteiger charge is 2.24. The second-order valence-electron chi connectivity index (χ2n) is 7.58. The highest BCUT2D eigenvalue weighted by molar-refractivity contribution is 7.09. The number of benzene rings is 1. The van der Waals surface area contributed by atoms with Gasteiger partial charge in [0, 0.05) is 22.6 Å². The summed E-state index contributed by atoms with van der Waals surface area (Å²) in [7, 11) is 1.59. The van der Waals surface area contributed by atoms with Crippen LogP contribution in [0.2, 0.25) is 5.02 Å². The van der Waals surface area contributed by atoms with Crippen LogP contribution in [0.4, 0.5) is 23.5 Å². The van der Waals surface area contributed by atoms with Crippen molar-refractivity contribution in [3.05, 3.63) is 45.6 Å². The van der Waals surface area contributed by atoms with Gasteiger partial charge in [-0.05, 0) is 55.5 Å². The summed E-state index contributed by atoms with van der Waals surface area (Å²) in [5.41, 5.74) is 0.765. The number of thiophene rings is 1. The summed E-state index contributed by atoms with van der Waals surface area (Å²) in [5.74, 6) is 2.10. The van der Waals surface area contributed by atoms with Gasteiger partial charge < -0.3 is 26.0 Å². The Morgan fingerprint density at radius 2 is 2.06 bits per heavy atom. The molecule has 1 fully saturated rings. The Morgan fingerprint density at radius 1 is 1.22 bits per heavy atom. The molecular formula is C22H28ClN7OS. The standard InChI is InChI=1S/C22H28ClN7OS/c1-3-17(18-7-4-10-24-18)27-22-29-20(25-13-15-6-5-11-32-15)28-21(30-22)26-14-8-9-19(31-2)16(23)12-14/h5-6,8-9,11-12,17-18,24H,3-4,7,10,13H2,1-2H3,(H3,25,26,27,28,29,30). The van der Waals surface area contributed by atoms with E-state index in [0.29, 0.717) is 41.2 Å². The SMILES string of the molecule is CCC(Nc1nc(NCc2cccs2)nc(Nc2ccc(OC)c(Cl)c2)n1)C1CCCN1. The molecule has 3 aromatic rings. The van der Waals surface area contributed by atoms with Crippen LogP contribution in [0.15, 0.2) is 35.7 Å². The van der Waals surface area contributed by atoms with E-state index in [1.165, 1.54) is 11.3 Å². The molecule has 1 aliphatic rings. The van der Waals surface area contributed by atoms with Crippen molar-refractivity contribution in [2.45, 2.75) is 44.8 Å². The Morgan fingerprint density at radius 3 is 2.75 bits per heavy atom. The zero-order valence-electron chi connectivity index (χ0n) is 18.2. The lowest BCUT2D eigenvalue weighted by atomic mass is 10.0. The first-order valence-corrected chi connectivity index (χ1v) is 12.0. The number of aromatic nitrogens is 3. The fourth-order valence-corrected chi connectivity index (χ4v) is 4.64. The molecule has 10 heteroatoms. The van der Waals surface area contributed by atoms with E-state index in [9.17, 15) is 0 Å². The summed E-state index contributed by atoms with van der Waals surface area (Å²) in [6, 6.07) is 10.2. The number of rotatable bonds is 10. The average Bonchev–Trinajstić information content (AvgIpc) is 3.50. The van der Waals surface area contributed by atoms with Crippen LogP contribution < -0.4 is 26.0 Å². The van der Waals surface area contributed by atoms with Crippen molar-refractivity contribution in [1.29, 1.82) is 0 Å². The van der Waals surface area contributed by atoms with E-state index >= 15 is 0 Å². The first kappa shape index (κ1) is 22.6.